The highest BCUT2D eigenvalue weighted by atomic mass is 16.5. The van der Waals surface area contributed by atoms with Crippen molar-refractivity contribution < 1.29 is 13.9 Å². The molecule has 30 heavy (non-hydrogen) atoms. The molecule has 2 aliphatic rings. The fourth-order valence-electron chi connectivity index (χ4n) is 4.66. The molecule has 0 bridgehead atoms. The van der Waals surface area contributed by atoms with Crippen LogP contribution >= 0.6 is 0 Å². The van der Waals surface area contributed by atoms with Gasteiger partial charge in [0, 0.05) is 30.3 Å². The summed E-state index contributed by atoms with van der Waals surface area (Å²) in [4.78, 5) is 22.2. The number of hydrogen-bond acceptors (Lipinski definition) is 5. The summed E-state index contributed by atoms with van der Waals surface area (Å²) in [6.07, 6.45) is 4.76. The number of piperidine rings is 1. The summed E-state index contributed by atoms with van der Waals surface area (Å²) in [5, 5.41) is 0. The maximum absolute atomic E-state index is 13.1. The van der Waals surface area contributed by atoms with Gasteiger partial charge in [-0.15, -0.1) is 0 Å². The van der Waals surface area contributed by atoms with Crippen molar-refractivity contribution in [2.24, 2.45) is 0 Å². The third-order valence-electron chi connectivity index (χ3n) is 6.36. The molecule has 3 aromatic rings. The maximum Gasteiger partial charge on any atom is 0.253 e. The van der Waals surface area contributed by atoms with Crippen molar-refractivity contribution in [1.29, 1.82) is 0 Å². The first-order chi connectivity index (χ1) is 14.7. The molecule has 2 aliphatic heterocycles. The van der Waals surface area contributed by atoms with Gasteiger partial charge in [-0.2, -0.15) is 0 Å². The minimum atomic E-state index is 0.0797. The molecule has 0 unspecified atom stereocenters. The summed E-state index contributed by atoms with van der Waals surface area (Å²) in [6, 6.07) is 13.8. The van der Waals surface area contributed by atoms with Crippen LogP contribution in [0.5, 0.6) is 5.75 Å². The maximum atomic E-state index is 13.1. The van der Waals surface area contributed by atoms with E-state index in [9.17, 15) is 4.79 Å². The smallest absolute Gasteiger partial charge is 0.253 e. The van der Waals surface area contributed by atoms with Crippen LogP contribution in [-0.4, -0.2) is 60.0 Å². The van der Waals surface area contributed by atoms with Gasteiger partial charge < -0.3 is 19.0 Å². The average molecular weight is 405 g/mol. The van der Waals surface area contributed by atoms with Crippen molar-refractivity contribution in [3.8, 4) is 17.2 Å². The van der Waals surface area contributed by atoms with Gasteiger partial charge in [-0.25, -0.2) is 4.98 Å². The van der Waals surface area contributed by atoms with Gasteiger partial charge in [0.25, 0.3) is 5.91 Å². The Labute approximate surface area is 176 Å². The lowest BCUT2D eigenvalue weighted by Crippen LogP contribution is -2.45. The Balaban J connectivity index is 1.31. The zero-order valence-electron chi connectivity index (χ0n) is 17.3. The molecular weight excluding hydrogens is 378 g/mol. The molecule has 0 atom stereocenters. The molecule has 3 heterocycles. The van der Waals surface area contributed by atoms with E-state index in [1.807, 2.05) is 47.4 Å². The molecule has 2 aromatic carbocycles. The van der Waals surface area contributed by atoms with E-state index in [0.29, 0.717) is 23.1 Å². The number of rotatable bonds is 4. The summed E-state index contributed by atoms with van der Waals surface area (Å²) >= 11 is 0. The summed E-state index contributed by atoms with van der Waals surface area (Å²) in [5.41, 5.74) is 2.89. The second kappa shape index (κ2) is 8.11. The first-order valence-corrected chi connectivity index (χ1v) is 10.8. The highest BCUT2D eigenvalue weighted by Gasteiger charge is 2.28. The summed E-state index contributed by atoms with van der Waals surface area (Å²) in [5.74, 6) is 1.36. The number of aromatic nitrogens is 1. The van der Waals surface area contributed by atoms with Crippen molar-refractivity contribution in [2.75, 3.05) is 33.3 Å². The predicted molar refractivity (Wildman–Crippen MR) is 116 cm³/mol. The Bertz CT molecular complexity index is 1050. The number of ether oxygens (including phenoxy) is 1. The number of carbonyl (C=O) groups excluding carboxylic acids is 1. The quantitative estimate of drug-likeness (QED) is 0.651. The van der Waals surface area contributed by atoms with Crippen LogP contribution in [0.1, 0.15) is 36.0 Å². The van der Waals surface area contributed by atoms with E-state index in [2.05, 4.69) is 9.88 Å². The van der Waals surface area contributed by atoms with E-state index in [-0.39, 0.29) is 5.91 Å². The molecule has 1 aromatic heterocycles. The van der Waals surface area contributed by atoms with Crippen LogP contribution in [-0.2, 0) is 0 Å². The van der Waals surface area contributed by atoms with Crippen molar-refractivity contribution in [2.45, 2.75) is 31.7 Å². The van der Waals surface area contributed by atoms with E-state index in [1.165, 1.54) is 25.9 Å². The number of likely N-dealkylation sites (tertiary alicyclic amines) is 2. The minimum absolute atomic E-state index is 0.0797. The molecule has 0 radical (unpaired) electrons. The molecule has 6 nitrogen and oxygen atoms in total. The first-order valence-electron chi connectivity index (χ1n) is 10.8. The molecule has 1 amide bonds. The number of hydrogen-bond donors (Lipinski definition) is 0. The number of oxazole rings is 1. The van der Waals surface area contributed by atoms with Gasteiger partial charge in [-0.05, 0) is 75.2 Å². The van der Waals surface area contributed by atoms with E-state index < -0.39 is 0 Å². The molecular formula is C24H27N3O3. The minimum Gasteiger partial charge on any atom is -0.497 e. The van der Waals surface area contributed by atoms with Crippen LogP contribution in [0.15, 0.2) is 46.9 Å². The van der Waals surface area contributed by atoms with Gasteiger partial charge >= 0.3 is 0 Å². The normalized spacial score (nSPS) is 18.2. The molecule has 0 saturated carbocycles. The van der Waals surface area contributed by atoms with Crippen LogP contribution in [0.4, 0.5) is 0 Å². The van der Waals surface area contributed by atoms with Crippen molar-refractivity contribution >= 4 is 17.0 Å². The lowest BCUT2D eigenvalue weighted by molar-refractivity contribution is 0.0644. The lowest BCUT2D eigenvalue weighted by Gasteiger charge is -2.36. The van der Waals surface area contributed by atoms with Gasteiger partial charge in [0.15, 0.2) is 5.58 Å². The van der Waals surface area contributed by atoms with E-state index >= 15 is 0 Å². The van der Waals surface area contributed by atoms with E-state index in [0.717, 1.165) is 42.8 Å². The average Bonchev–Trinajstić information content (AvgIpc) is 3.48. The fourth-order valence-corrected chi connectivity index (χ4v) is 4.66. The Kier molecular flexibility index (Phi) is 5.17. The van der Waals surface area contributed by atoms with Crippen molar-refractivity contribution in [1.82, 2.24) is 14.8 Å². The van der Waals surface area contributed by atoms with Crippen LogP contribution in [0.25, 0.3) is 22.6 Å². The molecule has 0 spiro atoms. The van der Waals surface area contributed by atoms with Crippen molar-refractivity contribution in [3.63, 3.8) is 0 Å². The van der Waals surface area contributed by atoms with Crippen molar-refractivity contribution in [3.05, 3.63) is 48.0 Å². The number of amides is 1. The lowest BCUT2D eigenvalue weighted by atomic mass is 10.0. The van der Waals surface area contributed by atoms with Gasteiger partial charge in [-0.1, -0.05) is 6.07 Å². The molecule has 6 heteroatoms. The second-order valence-electron chi connectivity index (χ2n) is 8.20. The topological polar surface area (TPSA) is 58.8 Å². The number of fused-ring (bicyclic) bond motifs is 1. The monoisotopic (exact) mass is 405 g/mol. The zero-order valence-corrected chi connectivity index (χ0v) is 17.3. The molecule has 2 fully saturated rings. The zero-order chi connectivity index (χ0) is 20.5. The molecule has 0 N–H and O–H groups in total. The Morgan fingerprint density at radius 3 is 2.63 bits per heavy atom. The predicted octanol–water partition coefficient (Wildman–Crippen LogP) is 4.20. The number of nitrogens with zero attached hydrogens (tertiary/aromatic N) is 3. The number of methoxy groups -OCH3 is 1. The molecule has 5 rings (SSSR count). The fraction of sp³-hybridized carbons (Fsp3) is 0.417. The number of carbonyl (C=O) groups is 1. The molecule has 0 aliphatic carbocycles. The Morgan fingerprint density at radius 1 is 1.07 bits per heavy atom. The number of benzene rings is 2. The first kappa shape index (κ1) is 19.1. The SMILES string of the molecule is COc1cccc(-c2nc3ccc(C(=O)N4CCC(N5CCCC5)CC4)cc3o2)c1. The van der Waals surface area contributed by atoms with Crippen LogP contribution in [0.2, 0.25) is 0 Å². The molecule has 2 saturated heterocycles. The van der Waals surface area contributed by atoms with Gasteiger partial charge in [0.2, 0.25) is 5.89 Å². The standard InChI is InChI=1S/C24H27N3O3/c1-29-20-6-4-5-17(15-20)23-25-21-8-7-18(16-22(21)30-23)24(28)27-13-9-19(10-14-27)26-11-2-3-12-26/h4-8,15-16,19H,2-3,9-14H2,1H3. The van der Waals surface area contributed by atoms with Crippen LogP contribution < -0.4 is 4.74 Å². The summed E-state index contributed by atoms with van der Waals surface area (Å²) in [6.45, 7) is 4.08. The third-order valence-corrected chi connectivity index (χ3v) is 6.36. The summed E-state index contributed by atoms with van der Waals surface area (Å²) in [7, 11) is 1.64. The van der Waals surface area contributed by atoms with Gasteiger partial charge in [0.1, 0.15) is 11.3 Å². The largest absolute Gasteiger partial charge is 0.497 e. The highest BCUT2D eigenvalue weighted by Crippen LogP contribution is 2.28. The molecule has 156 valence electrons. The van der Waals surface area contributed by atoms with Crippen LogP contribution in [0.3, 0.4) is 0 Å². The highest BCUT2D eigenvalue weighted by molar-refractivity contribution is 5.97. The van der Waals surface area contributed by atoms with E-state index in [1.54, 1.807) is 7.11 Å². The van der Waals surface area contributed by atoms with Gasteiger partial charge in [-0.3, -0.25) is 4.79 Å². The van der Waals surface area contributed by atoms with Crippen LogP contribution in [0, 0.1) is 0 Å². The summed E-state index contributed by atoms with van der Waals surface area (Å²) < 4.78 is 11.3. The van der Waals surface area contributed by atoms with E-state index in [4.69, 9.17) is 9.15 Å². The Morgan fingerprint density at radius 2 is 1.87 bits per heavy atom. The Hall–Kier alpha value is -2.86. The van der Waals surface area contributed by atoms with Gasteiger partial charge in [0.05, 0.1) is 7.11 Å². The third kappa shape index (κ3) is 3.67. The second-order valence-corrected chi connectivity index (χ2v) is 8.20.